The lowest BCUT2D eigenvalue weighted by Crippen LogP contribution is -2.31. The molecule has 0 bridgehead atoms. The number of alkyl halides is 1. The van der Waals surface area contributed by atoms with Gasteiger partial charge >= 0.3 is 0 Å². The molecule has 2 N–H and O–H groups in total. The van der Waals surface area contributed by atoms with E-state index in [4.69, 9.17) is 11.6 Å². The first-order valence-electron chi connectivity index (χ1n) is 4.75. The van der Waals surface area contributed by atoms with Gasteiger partial charge in [-0.2, -0.15) is 9.97 Å². The molecular formula is C9H9BrClN5O. The highest BCUT2D eigenvalue weighted by molar-refractivity contribution is 9.10. The van der Waals surface area contributed by atoms with Crippen molar-refractivity contribution in [2.45, 2.75) is 18.2 Å². The number of carbonyl (C=O) groups excluding carboxylic acids is 1. The number of hydrogen-bond acceptors (Lipinski definition) is 4. The molecule has 0 aliphatic heterocycles. The van der Waals surface area contributed by atoms with Crippen molar-refractivity contribution in [3.63, 3.8) is 0 Å². The average molecular weight is 319 g/mol. The van der Waals surface area contributed by atoms with Gasteiger partial charge < -0.3 is 4.98 Å². The lowest BCUT2D eigenvalue weighted by atomic mass is 10.2. The van der Waals surface area contributed by atoms with E-state index in [-0.39, 0.29) is 17.0 Å². The number of aromatic amines is 1. The van der Waals surface area contributed by atoms with Crippen molar-refractivity contribution in [3.05, 3.63) is 11.5 Å². The minimum Gasteiger partial charge on any atom is -0.341 e. The summed E-state index contributed by atoms with van der Waals surface area (Å²) >= 11 is 9.16. The molecule has 0 saturated heterocycles. The largest absolute Gasteiger partial charge is 0.341 e. The zero-order valence-electron chi connectivity index (χ0n) is 9.08. The van der Waals surface area contributed by atoms with Gasteiger partial charge in [0, 0.05) is 0 Å². The van der Waals surface area contributed by atoms with Crippen LogP contribution in [0.15, 0.2) is 6.33 Å². The number of aromatic nitrogens is 4. The zero-order valence-corrected chi connectivity index (χ0v) is 11.4. The van der Waals surface area contributed by atoms with Crippen LogP contribution in [0.2, 0.25) is 5.15 Å². The Hall–Kier alpha value is -1.21. The number of amides is 1. The van der Waals surface area contributed by atoms with E-state index in [9.17, 15) is 4.79 Å². The predicted molar refractivity (Wildman–Crippen MR) is 68.3 cm³/mol. The van der Waals surface area contributed by atoms with Gasteiger partial charge in [-0.25, -0.2) is 4.98 Å². The second-order valence-electron chi connectivity index (χ2n) is 3.87. The number of nitrogens with zero attached hydrogens (tertiary/aromatic N) is 3. The van der Waals surface area contributed by atoms with Crippen LogP contribution in [0.5, 0.6) is 0 Å². The third-order valence-corrected chi connectivity index (χ3v) is 2.64. The van der Waals surface area contributed by atoms with Crippen LogP contribution in [0.25, 0.3) is 11.2 Å². The van der Waals surface area contributed by atoms with Gasteiger partial charge in [-0.1, -0.05) is 27.5 Å². The Kier molecular flexibility index (Phi) is 3.05. The summed E-state index contributed by atoms with van der Waals surface area (Å²) in [4.78, 5) is 26.5. The first-order valence-corrected chi connectivity index (χ1v) is 5.92. The van der Waals surface area contributed by atoms with Crippen molar-refractivity contribution < 1.29 is 4.79 Å². The van der Waals surface area contributed by atoms with E-state index >= 15 is 0 Å². The standard InChI is InChI=1S/C9H9BrClN5O/c1-9(2,10)7(17)16-8-14-5(11)4-6(15-8)13-3-12-4/h3H,1-2H3,(H2,12,13,14,15,16,17). The molecule has 0 unspecified atom stereocenters. The van der Waals surface area contributed by atoms with Crippen LogP contribution in [0, 0.1) is 0 Å². The molecule has 90 valence electrons. The van der Waals surface area contributed by atoms with Gasteiger partial charge in [0.25, 0.3) is 0 Å². The van der Waals surface area contributed by atoms with Crippen molar-refractivity contribution >= 4 is 50.6 Å². The van der Waals surface area contributed by atoms with E-state index < -0.39 is 4.32 Å². The molecule has 8 heteroatoms. The number of fused-ring (bicyclic) bond motifs is 1. The third-order valence-electron chi connectivity index (χ3n) is 2.01. The molecule has 2 aromatic rings. The summed E-state index contributed by atoms with van der Waals surface area (Å²) in [6.07, 6.45) is 1.46. The Bertz CT molecular complexity index is 576. The van der Waals surface area contributed by atoms with Gasteiger partial charge in [0.1, 0.15) is 5.52 Å². The van der Waals surface area contributed by atoms with Crippen LogP contribution in [-0.2, 0) is 4.79 Å². The Labute approximate surface area is 110 Å². The Morgan fingerprint density at radius 3 is 2.88 bits per heavy atom. The van der Waals surface area contributed by atoms with Gasteiger partial charge in [0.15, 0.2) is 10.8 Å². The third kappa shape index (κ3) is 2.55. The summed E-state index contributed by atoms with van der Waals surface area (Å²) in [5.41, 5.74) is 0.954. The van der Waals surface area contributed by atoms with E-state index in [1.165, 1.54) is 6.33 Å². The van der Waals surface area contributed by atoms with E-state index in [1.54, 1.807) is 13.8 Å². The van der Waals surface area contributed by atoms with E-state index in [0.29, 0.717) is 11.2 Å². The fourth-order valence-corrected chi connectivity index (χ4v) is 1.42. The smallest absolute Gasteiger partial charge is 0.243 e. The first-order chi connectivity index (χ1) is 7.88. The lowest BCUT2D eigenvalue weighted by molar-refractivity contribution is -0.117. The fraction of sp³-hybridized carbons (Fsp3) is 0.333. The monoisotopic (exact) mass is 317 g/mol. The number of nitrogens with one attached hydrogen (secondary N) is 2. The van der Waals surface area contributed by atoms with Crippen molar-refractivity contribution in [2.24, 2.45) is 0 Å². The molecule has 0 radical (unpaired) electrons. The summed E-state index contributed by atoms with van der Waals surface area (Å²) in [5.74, 6) is -0.129. The van der Waals surface area contributed by atoms with Crippen LogP contribution in [0.3, 0.4) is 0 Å². The Morgan fingerprint density at radius 2 is 2.24 bits per heavy atom. The van der Waals surface area contributed by atoms with Gasteiger partial charge in [-0.3, -0.25) is 10.1 Å². The van der Waals surface area contributed by atoms with Crippen LogP contribution in [0.1, 0.15) is 13.8 Å². The molecule has 0 aliphatic rings. The molecule has 0 atom stereocenters. The molecule has 0 aromatic carbocycles. The summed E-state index contributed by atoms with van der Waals surface area (Å²) in [6, 6.07) is 0. The predicted octanol–water partition coefficient (Wildman–Crippen LogP) is 2.12. The maximum Gasteiger partial charge on any atom is 0.243 e. The second-order valence-corrected chi connectivity index (χ2v) is 6.21. The number of imidazole rings is 1. The molecule has 0 saturated carbocycles. The van der Waals surface area contributed by atoms with Gasteiger partial charge in [-0.05, 0) is 13.8 Å². The van der Waals surface area contributed by atoms with Gasteiger partial charge in [0.05, 0.1) is 10.7 Å². The molecule has 0 aliphatic carbocycles. The number of rotatable bonds is 2. The highest BCUT2D eigenvalue weighted by Gasteiger charge is 2.24. The number of hydrogen-bond donors (Lipinski definition) is 2. The Balaban J connectivity index is 2.34. The molecule has 0 spiro atoms. The van der Waals surface area contributed by atoms with Crippen molar-refractivity contribution in [1.82, 2.24) is 19.9 Å². The zero-order chi connectivity index (χ0) is 12.6. The summed E-state index contributed by atoms with van der Waals surface area (Å²) in [6.45, 7) is 3.44. The maximum atomic E-state index is 11.7. The number of H-pyrrole nitrogens is 1. The summed E-state index contributed by atoms with van der Waals surface area (Å²) < 4.78 is -0.705. The SMILES string of the molecule is CC(C)(Br)C(=O)Nc1nc(Cl)c2[nH]cnc2n1. The van der Waals surface area contributed by atoms with Crippen LogP contribution < -0.4 is 5.32 Å². The molecule has 1 amide bonds. The van der Waals surface area contributed by atoms with Gasteiger partial charge in [-0.15, -0.1) is 0 Å². The molecule has 2 heterocycles. The quantitative estimate of drug-likeness (QED) is 0.656. The second kappa shape index (κ2) is 4.23. The summed E-state index contributed by atoms with van der Waals surface area (Å²) in [7, 11) is 0. The maximum absolute atomic E-state index is 11.7. The fourth-order valence-electron chi connectivity index (χ4n) is 1.10. The molecule has 6 nitrogen and oxygen atoms in total. The van der Waals surface area contributed by atoms with Crippen molar-refractivity contribution in [3.8, 4) is 0 Å². The highest BCUT2D eigenvalue weighted by atomic mass is 79.9. The minimum atomic E-state index is -0.705. The first kappa shape index (κ1) is 12.3. The highest BCUT2D eigenvalue weighted by Crippen LogP contribution is 2.21. The number of carbonyl (C=O) groups is 1. The molecule has 17 heavy (non-hydrogen) atoms. The lowest BCUT2D eigenvalue weighted by Gasteiger charge is -2.14. The average Bonchev–Trinajstić information content (AvgIpc) is 2.64. The topological polar surface area (TPSA) is 83.6 Å². The van der Waals surface area contributed by atoms with Crippen LogP contribution in [-0.4, -0.2) is 30.2 Å². The van der Waals surface area contributed by atoms with Crippen LogP contribution in [0.4, 0.5) is 5.95 Å². The van der Waals surface area contributed by atoms with Gasteiger partial charge in [0.2, 0.25) is 11.9 Å². The number of halogens is 2. The van der Waals surface area contributed by atoms with E-state index in [0.717, 1.165) is 0 Å². The molecule has 2 aromatic heterocycles. The van der Waals surface area contributed by atoms with E-state index in [1.807, 2.05) is 0 Å². The van der Waals surface area contributed by atoms with E-state index in [2.05, 4.69) is 41.2 Å². The van der Waals surface area contributed by atoms with Crippen molar-refractivity contribution in [2.75, 3.05) is 5.32 Å². The van der Waals surface area contributed by atoms with Crippen molar-refractivity contribution in [1.29, 1.82) is 0 Å². The Morgan fingerprint density at radius 1 is 1.53 bits per heavy atom. The molecule has 2 rings (SSSR count). The number of anilines is 1. The van der Waals surface area contributed by atoms with Crippen LogP contribution >= 0.6 is 27.5 Å². The molecule has 0 fully saturated rings. The normalized spacial score (nSPS) is 11.8. The minimum absolute atomic E-state index is 0.132. The summed E-state index contributed by atoms with van der Waals surface area (Å²) in [5, 5.41) is 2.78. The molecular weight excluding hydrogens is 309 g/mol.